The monoisotopic (exact) mass is 490 g/mol. The summed E-state index contributed by atoms with van der Waals surface area (Å²) in [5.41, 5.74) is 5.31. The molecule has 1 aliphatic carbocycles. The number of anilines is 1. The van der Waals surface area contributed by atoms with E-state index < -0.39 is 30.7 Å². The average Bonchev–Trinajstić information content (AvgIpc) is 3.34. The third-order valence-electron chi connectivity index (χ3n) is 5.34. The quantitative estimate of drug-likeness (QED) is 0.256. The lowest BCUT2D eigenvalue weighted by atomic mass is 10.1. The van der Waals surface area contributed by atoms with E-state index in [-0.39, 0.29) is 36.1 Å². The number of hydrogen-bond donors (Lipinski definition) is 5. The lowest BCUT2D eigenvalue weighted by Crippen LogP contribution is -2.34. The van der Waals surface area contributed by atoms with Gasteiger partial charge in [-0.05, 0) is 31.1 Å². The molecule has 3 atom stereocenters. The van der Waals surface area contributed by atoms with Gasteiger partial charge in [-0.15, -0.1) is 0 Å². The maximum absolute atomic E-state index is 13.4. The van der Waals surface area contributed by atoms with Crippen molar-refractivity contribution < 1.29 is 28.6 Å². The van der Waals surface area contributed by atoms with Crippen LogP contribution in [0.2, 0.25) is 0 Å². The normalized spacial score (nSPS) is 21.3. The minimum atomic E-state index is -4.13. The molecule has 0 aliphatic heterocycles. The summed E-state index contributed by atoms with van der Waals surface area (Å²) in [5, 5.41) is 21.6. The lowest BCUT2D eigenvalue weighted by Gasteiger charge is -2.23. The smallest absolute Gasteiger partial charge is 0.459 e. The first-order chi connectivity index (χ1) is 16.1. The number of aromatic amines is 1. The van der Waals surface area contributed by atoms with Gasteiger partial charge in [-0.25, -0.2) is 9.55 Å². The molecule has 1 unspecified atom stereocenters. The van der Waals surface area contributed by atoms with E-state index in [1.54, 1.807) is 36.5 Å². The molecule has 1 aromatic carbocycles. The molecule has 1 saturated carbocycles. The number of carboxylic acids is 1. The molecule has 0 bridgehead atoms. The Hall–Kier alpha value is -3.51. The molecule has 3 aromatic rings. The fraction of sp³-hybridized carbons (Fsp3) is 0.300. The number of benzene rings is 1. The van der Waals surface area contributed by atoms with Crippen molar-refractivity contribution in [3.05, 3.63) is 52.6 Å². The Labute approximate surface area is 192 Å². The Bertz CT molecular complexity index is 1350. The van der Waals surface area contributed by atoms with Crippen molar-refractivity contribution in [2.45, 2.75) is 19.4 Å². The molecule has 0 saturated heterocycles. The van der Waals surface area contributed by atoms with Crippen molar-refractivity contribution in [2.75, 3.05) is 18.9 Å². The fourth-order valence-electron chi connectivity index (χ4n) is 3.27. The molecule has 180 valence electrons. The van der Waals surface area contributed by atoms with Crippen LogP contribution in [0.4, 0.5) is 5.95 Å². The van der Waals surface area contributed by atoms with E-state index >= 15 is 0 Å². The molecule has 2 aromatic heterocycles. The van der Waals surface area contributed by atoms with Gasteiger partial charge in [0, 0.05) is 11.6 Å². The van der Waals surface area contributed by atoms with Crippen molar-refractivity contribution in [1.82, 2.24) is 24.6 Å². The number of aliphatic hydroxyl groups excluding tert-OH is 1. The fourth-order valence-corrected chi connectivity index (χ4v) is 4.85. The zero-order chi connectivity index (χ0) is 24.5. The van der Waals surface area contributed by atoms with Crippen LogP contribution in [0.3, 0.4) is 0 Å². The SMILES string of the molecule is C[C@H](N[P@](=O)(OCC1(CO)C/C1=C/n1cnc2c(=O)[nH]c(N)nc21)Oc1ccccc1)C(=O)O. The van der Waals surface area contributed by atoms with Crippen molar-refractivity contribution in [2.24, 2.45) is 5.41 Å². The minimum absolute atomic E-state index is 0.0668. The summed E-state index contributed by atoms with van der Waals surface area (Å²) in [6.07, 6.45) is 3.42. The Morgan fingerprint density at radius 1 is 1.44 bits per heavy atom. The Morgan fingerprint density at radius 3 is 2.85 bits per heavy atom. The second-order valence-corrected chi connectivity index (χ2v) is 9.60. The number of carbonyl (C=O) groups is 1. The number of imidazole rings is 1. The zero-order valence-electron chi connectivity index (χ0n) is 18.0. The average molecular weight is 490 g/mol. The van der Waals surface area contributed by atoms with Crippen LogP contribution < -0.4 is 20.9 Å². The van der Waals surface area contributed by atoms with E-state index in [1.807, 2.05) is 0 Å². The van der Waals surface area contributed by atoms with Gasteiger partial charge in [0.1, 0.15) is 18.1 Å². The number of hydrogen-bond acceptors (Lipinski definition) is 9. The maximum Gasteiger partial charge on any atom is 0.459 e. The summed E-state index contributed by atoms with van der Waals surface area (Å²) in [4.78, 5) is 33.7. The number of aromatic nitrogens is 4. The molecule has 0 spiro atoms. The number of nitrogens with zero attached hydrogens (tertiary/aromatic N) is 3. The first kappa shape index (κ1) is 23.6. The van der Waals surface area contributed by atoms with Gasteiger partial charge in [0.2, 0.25) is 5.95 Å². The number of nitrogen functional groups attached to an aromatic ring is 1. The van der Waals surface area contributed by atoms with Crippen molar-refractivity contribution in [3.8, 4) is 5.75 Å². The highest BCUT2D eigenvalue weighted by molar-refractivity contribution is 7.52. The first-order valence-corrected chi connectivity index (χ1v) is 11.7. The van der Waals surface area contributed by atoms with Crippen LogP contribution in [-0.4, -0.2) is 55.0 Å². The minimum Gasteiger partial charge on any atom is -0.480 e. The van der Waals surface area contributed by atoms with Crippen LogP contribution in [0.1, 0.15) is 13.3 Å². The topological polar surface area (TPSA) is 195 Å². The third-order valence-corrected chi connectivity index (χ3v) is 6.96. The van der Waals surface area contributed by atoms with Crippen LogP contribution in [0, 0.1) is 5.41 Å². The summed E-state index contributed by atoms with van der Waals surface area (Å²) >= 11 is 0. The van der Waals surface area contributed by atoms with Gasteiger partial charge in [-0.1, -0.05) is 18.2 Å². The van der Waals surface area contributed by atoms with E-state index in [0.29, 0.717) is 12.0 Å². The lowest BCUT2D eigenvalue weighted by molar-refractivity contribution is -0.138. The van der Waals surface area contributed by atoms with Crippen molar-refractivity contribution in [3.63, 3.8) is 0 Å². The standard InChI is InChI=1S/C20H23N6O7P/c1-12(18(29)30)25-34(31,33-14-5-3-2-4-6-14)32-10-20(9-27)7-13(20)8-26-11-22-15-16(26)23-19(21)24-17(15)28/h2-6,8,11-12,27H,7,9-10H2,1H3,(H,25,31)(H,29,30)(H3,21,23,24,28)/b13-8-/t12-,20?,34-/m0/s1. The van der Waals surface area contributed by atoms with E-state index in [2.05, 4.69) is 20.0 Å². The van der Waals surface area contributed by atoms with Gasteiger partial charge in [0.25, 0.3) is 5.56 Å². The molecule has 6 N–H and O–H groups in total. The first-order valence-electron chi connectivity index (χ1n) is 10.2. The molecule has 34 heavy (non-hydrogen) atoms. The summed E-state index contributed by atoms with van der Waals surface area (Å²) < 4.78 is 25.9. The van der Waals surface area contributed by atoms with Gasteiger partial charge < -0.3 is 20.5 Å². The summed E-state index contributed by atoms with van der Waals surface area (Å²) in [5.74, 6) is -1.08. The second-order valence-electron chi connectivity index (χ2n) is 7.91. The molecule has 4 rings (SSSR count). The van der Waals surface area contributed by atoms with Gasteiger partial charge in [-0.2, -0.15) is 10.1 Å². The summed E-state index contributed by atoms with van der Waals surface area (Å²) in [7, 11) is -4.13. The molecule has 1 aliphatic rings. The number of nitrogens with two attached hydrogens (primary N) is 1. The van der Waals surface area contributed by atoms with Crippen LogP contribution in [0.25, 0.3) is 17.4 Å². The Kier molecular flexibility index (Phi) is 6.28. The number of nitrogens with one attached hydrogen (secondary N) is 2. The number of carboxylic acid groups (broad SMARTS) is 1. The van der Waals surface area contributed by atoms with Crippen LogP contribution in [-0.2, 0) is 13.9 Å². The van der Waals surface area contributed by atoms with E-state index in [1.165, 1.54) is 17.8 Å². The Balaban J connectivity index is 1.55. The van der Waals surface area contributed by atoms with Crippen LogP contribution >= 0.6 is 7.75 Å². The summed E-state index contributed by atoms with van der Waals surface area (Å²) in [6.45, 7) is 0.754. The predicted octanol–water partition coefficient (Wildman–Crippen LogP) is 1.19. The number of aliphatic carboxylic acids is 1. The number of rotatable bonds is 10. The molecule has 0 radical (unpaired) electrons. The highest BCUT2D eigenvalue weighted by atomic mass is 31.2. The van der Waals surface area contributed by atoms with Gasteiger partial charge in [0.05, 0.1) is 13.2 Å². The third kappa shape index (κ3) is 4.87. The molecule has 2 heterocycles. The molecule has 0 amide bonds. The van der Waals surface area contributed by atoms with Crippen LogP contribution in [0.5, 0.6) is 5.75 Å². The highest BCUT2D eigenvalue weighted by Crippen LogP contribution is 2.56. The van der Waals surface area contributed by atoms with E-state index in [9.17, 15) is 24.4 Å². The van der Waals surface area contributed by atoms with Gasteiger partial charge in [0.15, 0.2) is 11.2 Å². The van der Waals surface area contributed by atoms with E-state index in [0.717, 1.165) is 0 Å². The molecule has 14 heteroatoms. The number of H-pyrrole nitrogens is 1. The zero-order valence-corrected chi connectivity index (χ0v) is 18.9. The number of fused-ring (bicyclic) bond motifs is 1. The molecule has 13 nitrogen and oxygen atoms in total. The van der Waals surface area contributed by atoms with E-state index in [4.69, 9.17) is 14.8 Å². The highest BCUT2D eigenvalue weighted by Gasteiger charge is 2.51. The van der Waals surface area contributed by atoms with Crippen molar-refractivity contribution >= 4 is 37.0 Å². The Morgan fingerprint density at radius 2 is 2.18 bits per heavy atom. The summed E-state index contributed by atoms with van der Waals surface area (Å²) in [6, 6.07) is 6.96. The predicted molar refractivity (Wildman–Crippen MR) is 122 cm³/mol. The van der Waals surface area contributed by atoms with Gasteiger partial charge in [-0.3, -0.25) is 23.7 Å². The maximum atomic E-state index is 13.4. The molecular formula is C20H23N6O7P. The van der Waals surface area contributed by atoms with Crippen LogP contribution in [0.15, 0.2) is 47.0 Å². The van der Waals surface area contributed by atoms with Crippen molar-refractivity contribution in [1.29, 1.82) is 0 Å². The largest absolute Gasteiger partial charge is 0.480 e. The second kappa shape index (κ2) is 9.03. The molecular weight excluding hydrogens is 467 g/mol. The van der Waals surface area contributed by atoms with Gasteiger partial charge >= 0.3 is 13.7 Å². The number of aliphatic hydroxyl groups is 1. The number of para-hydroxylation sites is 1. The molecule has 1 fully saturated rings.